The van der Waals surface area contributed by atoms with Gasteiger partial charge in [0.2, 0.25) is 0 Å². The molecule has 0 heterocycles. The molecule has 0 aromatic heterocycles. The van der Waals surface area contributed by atoms with Crippen molar-refractivity contribution in [2.75, 3.05) is 20.1 Å². The molecule has 0 spiro atoms. The number of hydrogen-bond acceptors (Lipinski definition) is 1. The molecule has 1 saturated carbocycles. The highest BCUT2D eigenvalue weighted by Crippen LogP contribution is 2.27. The molecule has 1 rings (SSSR count). The van der Waals surface area contributed by atoms with Gasteiger partial charge in [-0.1, -0.05) is 20.8 Å². The molecule has 15 heavy (non-hydrogen) atoms. The van der Waals surface area contributed by atoms with E-state index in [2.05, 4.69) is 36.4 Å². The topological polar surface area (TPSA) is 36.4 Å². The first-order valence-corrected chi connectivity index (χ1v) is 5.96. The second kappa shape index (κ2) is 5.38. The Morgan fingerprint density at radius 1 is 1.27 bits per heavy atom. The summed E-state index contributed by atoms with van der Waals surface area (Å²) in [7, 11) is 1.83. The van der Waals surface area contributed by atoms with Crippen molar-refractivity contribution in [2.45, 2.75) is 40.0 Å². The molecule has 0 aromatic carbocycles. The van der Waals surface area contributed by atoms with Gasteiger partial charge in [0.25, 0.3) is 0 Å². The zero-order valence-corrected chi connectivity index (χ0v) is 10.6. The van der Waals surface area contributed by atoms with E-state index in [1.807, 2.05) is 7.05 Å². The molecular weight excluding hydrogens is 186 g/mol. The van der Waals surface area contributed by atoms with Crippen molar-refractivity contribution < 1.29 is 0 Å². The second-order valence-electron chi connectivity index (χ2n) is 5.63. The van der Waals surface area contributed by atoms with Crippen LogP contribution in [0.4, 0.5) is 0 Å². The number of hydrogen-bond donors (Lipinski definition) is 2. The van der Waals surface area contributed by atoms with Gasteiger partial charge in [-0.2, -0.15) is 0 Å². The van der Waals surface area contributed by atoms with Gasteiger partial charge in [0.15, 0.2) is 5.96 Å². The fourth-order valence-corrected chi connectivity index (χ4v) is 1.34. The SMILES string of the molecule is CN=C(NCCC(C)(C)C)NCC1CC1. The summed E-state index contributed by atoms with van der Waals surface area (Å²) in [5, 5.41) is 6.70. The Balaban J connectivity index is 2.10. The maximum atomic E-state index is 4.20. The smallest absolute Gasteiger partial charge is 0.190 e. The molecule has 1 fully saturated rings. The molecule has 0 radical (unpaired) electrons. The van der Waals surface area contributed by atoms with Crippen LogP contribution in [0.3, 0.4) is 0 Å². The van der Waals surface area contributed by atoms with Crippen molar-refractivity contribution in [3.8, 4) is 0 Å². The monoisotopic (exact) mass is 211 g/mol. The highest BCUT2D eigenvalue weighted by molar-refractivity contribution is 5.79. The van der Waals surface area contributed by atoms with Gasteiger partial charge in [0, 0.05) is 20.1 Å². The van der Waals surface area contributed by atoms with Crippen LogP contribution in [0.1, 0.15) is 40.0 Å². The lowest BCUT2D eigenvalue weighted by atomic mass is 9.92. The lowest BCUT2D eigenvalue weighted by Gasteiger charge is -2.19. The fourth-order valence-electron chi connectivity index (χ4n) is 1.34. The van der Waals surface area contributed by atoms with Crippen LogP contribution < -0.4 is 10.6 Å². The van der Waals surface area contributed by atoms with Gasteiger partial charge in [0.05, 0.1) is 0 Å². The Morgan fingerprint density at radius 3 is 2.40 bits per heavy atom. The third-order valence-electron chi connectivity index (χ3n) is 2.65. The number of nitrogens with one attached hydrogen (secondary N) is 2. The summed E-state index contributed by atoms with van der Waals surface area (Å²) in [4.78, 5) is 4.20. The first-order chi connectivity index (χ1) is 7.01. The lowest BCUT2D eigenvalue weighted by molar-refractivity contribution is 0.377. The van der Waals surface area contributed by atoms with Crippen LogP contribution >= 0.6 is 0 Å². The van der Waals surface area contributed by atoms with E-state index in [9.17, 15) is 0 Å². The van der Waals surface area contributed by atoms with E-state index in [1.54, 1.807) is 0 Å². The van der Waals surface area contributed by atoms with Crippen molar-refractivity contribution in [2.24, 2.45) is 16.3 Å². The van der Waals surface area contributed by atoms with E-state index in [4.69, 9.17) is 0 Å². The third kappa shape index (κ3) is 6.37. The average Bonchev–Trinajstić information content (AvgIpc) is 2.92. The fraction of sp³-hybridized carbons (Fsp3) is 0.917. The Kier molecular flexibility index (Phi) is 4.43. The van der Waals surface area contributed by atoms with Gasteiger partial charge < -0.3 is 10.6 Å². The van der Waals surface area contributed by atoms with E-state index >= 15 is 0 Å². The Hall–Kier alpha value is -0.730. The molecule has 1 aliphatic rings. The zero-order chi connectivity index (χ0) is 11.3. The van der Waals surface area contributed by atoms with Crippen LogP contribution in [0.5, 0.6) is 0 Å². The minimum absolute atomic E-state index is 0.391. The first-order valence-electron chi connectivity index (χ1n) is 5.96. The molecule has 0 aromatic rings. The summed E-state index contributed by atoms with van der Waals surface area (Å²) in [6.45, 7) is 8.85. The van der Waals surface area contributed by atoms with Crippen molar-refractivity contribution in [1.82, 2.24) is 10.6 Å². The second-order valence-corrected chi connectivity index (χ2v) is 5.63. The van der Waals surface area contributed by atoms with Crippen molar-refractivity contribution in [3.05, 3.63) is 0 Å². The normalized spacial score (nSPS) is 17.7. The predicted octanol–water partition coefficient (Wildman–Crippen LogP) is 2.00. The van der Waals surface area contributed by atoms with E-state index < -0.39 is 0 Å². The molecule has 3 nitrogen and oxygen atoms in total. The van der Waals surface area contributed by atoms with Gasteiger partial charge in [-0.15, -0.1) is 0 Å². The Labute approximate surface area is 93.7 Å². The van der Waals surface area contributed by atoms with Crippen LogP contribution in [-0.4, -0.2) is 26.1 Å². The predicted molar refractivity (Wildman–Crippen MR) is 66.2 cm³/mol. The summed E-state index contributed by atoms with van der Waals surface area (Å²) in [6, 6.07) is 0. The Morgan fingerprint density at radius 2 is 1.93 bits per heavy atom. The van der Waals surface area contributed by atoms with Gasteiger partial charge >= 0.3 is 0 Å². The number of nitrogens with zero attached hydrogens (tertiary/aromatic N) is 1. The van der Waals surface area contributed by atoms with Crippen molar-refractivity contribution in [1.29, 1.82) is 0 Å². The molecule has 2 N–H and O–H groups in total. The van der Waals surface area contributed by atoms with Crippen LogP contribution in [0.25, 0.3) is 0 Å². The quantitative estimate of drug-likeness (QED) is 0.551. The molecule has 0 aliphatic heterocycles. The molecule has 0 atom stereocenters. The maximum Gasteiger partial charge on any atom is 0.190 e. The standard InChI is InChI=1S/C12H25N3/c1-12(2,3)7-8-14-11(13-4)15-9-10-5-6-10/h10H,5-9H2,1-4H3,(H2,13,14,15). The summed E-state index contributed by atoms with van der Waals surface area (Å²) in [5.74, 6) is 1.84. The molecule has 0 unspecified atom stereocenters. The summed E-state index contributed by atoms with van der Waals surface area (Å²) >= 11 is 0. The Bertz CT molecular complexity index is 211. The number of rotatable bonds is 4. The first kappa shape index (κ1) is 12.3. The average molecular weight is 211 g/mol. The van der Waals surface area contributed by atoms with E-state index in [0.717, 1.165) is 31.4 Å². The van der Waals surface area contributed by atoms with E-state index in [-0.39, 0.29) is 0 Å². The summed E-state index contributed by atoms with van der Waals surface area (Å²) in [5.41, 5.74) is 0.391. The molecule has 0 amide bonds. The molecule has 1 aliphatic carbocycles. The lowest BCUT2D eigenvalue weighted by Crippen LogP contribution is -2.39. The molecule has 88 valence electrons. The van der Waals surface area contributed by atoms with Gasteiger partial charge in [-0.05, 0) is 30.6 Å². The van der Waals surface area contributed by atoms with Crippen molar-refractivity contribution in [3.63, 3.8) is 0 Å². The van der Waals surface area contributed by atoms with Crippen molar-refractivity contribution >= 4 is 5.96 Å². The summed E-state index contributed by atoms with van der Waals surface area (Å²) < 4.78 is 0. The maximum absolute atomic E-state index is 4.20. The van der Waals surface area contributed by atoms with Crippen LogP contribution in [0.15, 0.2) is 4.99 Å². The third-order valence-corrected chi connectivity index (χ3v) is 2.65. The summed E-state index contributed by atoms with van der Waals surface area (Å²) in [6.07, 6.45) is 3.93. The minimum atomic E-state index is 0.391. The van der Waals surface area contributed by atoms with Crippen LogP contribution in [-0.2, 0) is 0 Å². The number of guanidine groups is 1. The molecule has 0 bridgehead atoms. The van der Waals surface area contributed by atoms with Gasteiger partial charge in [-0.3, -0.25) is 4.99 Å². The van der Waals surface area contributed by atoms with Gasteiger partial charge in [0.1, 0.15) is 0 Å². The van der Waals surface area contributed by atoms with Crippen LogP contribution in [0, 0.1) is 11.3 Å². The number of aliphatic imine (C=N–C) groups is 1. The minimum Gasteiger partial charge on any atom is -0.356 e. The molecular formula is C12H25N3. The molecule has 0 saturated heterocycles. The largest absolute Gasteiger partial charge is 0.356 e. The van der Waals surface area contributed by atoms with E-state index in [0.29, 0.717) is 5.41 Å². The molecule has 3 heteroatoms. The van der Waals surface area contributed by atoms with Crippen LogP contribution in [0.2, 0.25) is 0 Å². The zero-order valence-electron chi connectivity index (χ0n) is 10.6. The highest BCUT2D eigenvalue weighted by Gasteiger charge is 2.21. The van der Waals surface area contributed by atoms with E-state index in [1.165, 1.54) is 12.8 Å². The highest BCUT2D eigenvalue weighted by atomic mass is 15.2. The van der Waals surface area contributed by atoms with Gasteiger partial charge in [-0.25, -0.2) is 0 Å².